The number of aromatic nitrogens is 1. The van der Waals surface area contributed by atoms with Gasteiger partial charge in [0, 0.05) is 25.4 Å². The summed E-state index contributed by atoms with van der Waals surface area (Å²) in [5.41, 5.74) is 2.25. The topological polar surface area (TPSA) is 51.5 Å². The summed E-state index contributed by atoms with van der Waals surface area (Å²) < 4.78 is 7.23. The number of Topliss-reactive ketones (excluding diaryl/α,β-unsaturated/α-hetero) is 1. The first-order chi connectivity index (χ1) is 12.0. The smallest absolute Gasteiger partial charge is 0.271 e. The maximum absolute atomic E-state index is 13.0. The quantitative estimate of drug-likeness (QED) is 0.782. The van der Waals surface area contributed by atoms with Crippen LogP contribution in [0.2, 0.25) is 0 Å². The zero-order valence-corrected chi connectivity index (χ0v) is 15.0. The van der Waals surface area contributed by atoms with Gasteiger partial charge in [0.05, 0.1) is 12.6 Å². The fourth-order valence-electron chi connectivity index (χ4n) is 3.43. The van der Waals surface area contributed by atoms with Crippen molar-refractivity contribution < 1.29 is 14.3 Å². The zero-order chi connectivity index (χ0) is 18.0. The highest BCUT2D eigenvalue weighted by molar-refractivity contribution is 5.99. The molecule has 0 N–H and O–H groups in total. The Morgan fingerprint density at radius 1 is 1.24 bits per heavy atom. The molecular formula is C20H24N2O3. The molecule has 2 aromatic rings. The first kappa shape index (κ1) is 17.3. The molecule has 0 aliphatic carbocycles. The molecule has 1 atom stereocenters. The van der Waals surface area contributed by atoms with Crippen LogP contribution in [0.1, 0.15) is 59.1 Å². The summed E-state index contributed by atoms with van der Waals surface area (Å²) in [5.74, 6) is 0.793. The predicted molar refractivity (Wildman–Crippen MR) is 96.0 cm³/mol. The van der Waals surface area contributed by atoms with Crippen molar-refractivity contribution in [1.82, 2.24) is 9.47 Å². The molecule has 0 bridgehead atoms. The maximum Gasteiger partial charge on any atom is 0.271 e. The van der Waals surface area contributed by atoms with Gasteiger partial charge in [0.25, 0.3) is 5.91 Å². The van der Waals surface area contributed by atoms with Crippen molar-refractivity contribution in [2.45, 2.75) is 32.7 Å². The number of hydrogen-bond donors (Lipinski definition) is 0. The Morgan fingerprint density at radius 3 is 2.56 bits per heavy atom. The van der Waals surface area contributed by atoms with Crippen molar-refractivity contribution in [3.8, 4) is 5.75 Å². The minimum Gasteiger partial charge on any atom is -0.494 e. The Balaban J connectivity index is 1.83. The highest BCUT2D eigenvalue weighted by Crippen LogP contribution is 2.34. The minimum atomic E-state index is -0.0286. The Hall–Kier alpha value is -2.56. The van der Waals surface area contributed by atoms with Gasteiger partial charge >= 0.3 is 0 Å². The molecule has 5 heteroatoms. The van der Waals surface area contributed by atoms with Crippen LogP contribution < -0.4 is 4.74 Å². The molecule has 1 aromatic heterocycles. The summed E-state index contributed by atoms with van der Waals surface area (Å²) in [6.45, 7) is 4.85. The molecule has 1 aromatic carbocycles. The number of carbonyl (C=O) groups is 2. The van der Waals surface area contributed by atoms with E-state index in [-0.39, 0.29) is 17.7 Å². The van der Waals surface area contributed by atoms with Gasteiger partial charge in [-0.25, -0.2) is 0 Å². The molecule has 3 rings (SSSR count). The monoisotopic (exact) mass is 340 g/mol. The minimum absolute atomic E-state index is 0.0219. The van der Waals surface area contributed by atoms with Crippen molar-refractivity contribution in [3.05, 3.63) is 53.3 Å². The third-order valence-corrected chi connectivity index (χ3v) is 4.72. The molecule has 132 valence electrons. The SMILES string of the molecule is CCOc1ccc([C@H]2CCCN2C(=O)c2cc(C(C)=O)cn2C)cc1. The van der Waals surface area contributed by atoms with Crippen molar-refractivity contribution in [3.63, 3.8) is 0 Å². The first-order valence-electron chi connectivity index (χ1n) is 8.72. The lowest BCUT2D eigenvalue weighted by atomic mass is 10.0. The molecular weight excluding hydrogens is 316 g/mol. The van der Waals surface area contributed by atoms with E-state index in [9.17, 15) is 9.59 Å². The molecule has 0 unspecified atom stereocenters. The second-order valence-electron chi connectivity index (χ2n) is 6.44. The number of likely N-dealkylation sites (tertiary alicyclic amines) is 1. The standard InChI is InChI=1S/C20H24N2O3/c1-4-25-17-9-7-15(8-10-17)18-6-5-11-22(18)20(24)19-12-16(14(2)23)13-21(19)3/h7-10,12-13,18H,4-6,11H2,1-3H3/t18-/m1/s1. The van der Waals surface area contributed by atoms with E-state index in [0.717, 1.165) is 30.7 Å². The van der Waals surface area contributed by atoms with E-state index in [1.165, 1.54) is 6.92 Å². The van der Waals surface area contributed by atoms with Crippen molar-refractivity contribution in [2.24, 2.45) is 7.05 Å². The van der Waals surface area contributed by atoms with Gasteiger partial charge < -0.3 is 14.2 Å². The fourth-order valence-corrected chi connectivity index (χ4v) is 3.43. The van der Waals surface area contributed by atoms with Gasteiger partial charge in [0.2, 0.25) is 0 Å². The fraction of sp³-hybridized carbons (Fsp3) is 0.400. The van der Waals surface area contributed by atoms with E-state index >= 15 is 0 Å². The van der Waals surface area contributed by atoms with Gasteiger partial charge in [0.1, 0.15) is 11.4 Å². The second kappa shape index (κ2) is 7.13. The third-order valence-electron chi connectivity index (χ3n) is 4.72. The summed E-state index contributed by atoms with van der Waals surface area (Å²) in [6.07, 6.45) is 3.65. The predicted octanol–water partition coefficient (Wildman–Crippen LogP) is 3.60. The number of ether oxygens (including phenoxy) is 1. The van der Waals surface area contributed by atoms with Crippen LogP contribution in [0.4, 0.5) is 0 Å². The van der Waals surface area contributed by atoms with Crippen LogP contribution in [-0.4, -0.2) is 34.3 Å². The van der Waals surface area contributed by atoms with Crippen LogP contribution in [-0.2, 0) is 7.05 Å². The maximum atomic E-state index is 13.0. The third kappa shape index (κ3) is 3.45. The largest absolute Gasteiger partial charge is 0.494 e. The molecule has 1 saturated heterocycles. The van der Waals surface area contributed by atoms with Crippen LogP contribution in [0.15, 0.2) is 36.5 Å². The Kier molecular flexibility index (Phi) is 4.93. The van der Waals surface area contributed by atoms with Crippen LogP contribution in [0.3, 0.4) is 0 Å². The second-order valence-corrected chi connectivity index (χ2v) is 6.44. The summed E-state index contributed by atoms with van der Waals surface area (Å²) in [4.78, 5) is 26.5. The molecule has 2 heterocycles. The Morgan fingerprint density at radius 2 is 1.96 bits per heavy atom. The zero-order valence-electron chi connectivity index (χ0n) is 15.0. The van der Waals surface area contributed by atoms with Gasteiger partial charge in [-0.15, -0.1) is 0 Å². The molecule has 0 radical (unpaired) electrons. The average molecular weight is 340 g/mol. The van der Waals surface area contributed by atoms with Gasteiger partial charge in [-0.1, -0.05) is 12.1 Å². The van der Waals surface area contributed by atoms with E-state index in [1.54, 1.807) is 16.8 Å². The molecule has 1 amide bonds. The van der Waals surface area contributed by atoms with E-state index < -0.39 is 0 Å². The number of rotatable bonds is 5. The highest BCUT2D eigenvalue weighted by Gasteiger charge is 2.32. The van der Waals surface area contributed by atoms with E-state index in [2.05, 4.69) is 0 Å². The first-order valence-corrected chi connectivity index (χ1v) is 8.72. The van der Waals surface area contributed by atoms with Gasteiger partial charge in [-0.05, 0) is 50.5 Å². The Labute approximate surface area is 148 Å². The number of benzene rings is 1. The van der Waals surface area contributed by atoms with E-state index in [4.69, 9.17) is 4.74 Å². The number of hydrogen-bond acceptors (Lipinski definition) is 3. The highest BCUT2D eigenvalue weighted by atomic mass is 16.5. The van der Waals surface area contributed by atoms with Gasteiger partial charge in [0.15, 0.2) is 5.78 Å². The summed E-state index contributed by atoms with van der Waals surface area (Å²) >= 11 is 0. The average Bonchev–Trinajstić information content (AvgIpc) is 3.22. The molecule has 25 heavy (non-hydrogen) atoms. The number of aryl methyl sites for hydroxylation is 1. The number of ketones is 1. The van der Waals surface area contributed by atoms with Crippen molar-refractivity contribution in [2.75, 3.05) is 13.2 Å². The van der Waals surface area contributed by atoms with Gasteiger partial charge in [-0.3, -0.25) is 9.59 Å². The number of amides is 1. The summed E-state index contributed by atoms with van der Waals surface area (Å²) in [6, 6.07) is 9.74. The van der Waals surface area contributed by atoms with E-state index in [1.807, 2.05) is 43.1 Å². The normalized spacial score (nSPS) is 16.9. The molecule has 5 nitrogen and oxygen atoms in total. The van der Waals surface area contributed by atoms with E-state index in [0.29, 0.717) is 17.9 Å². The Bertz CT molecular complexity index is 777. The molecule has 1 aliphatic heterocycles. The molecule has 0 spiro atoms. The van der Waals surface area contributed by atoms with Crippen molar-refractivity contribution >= 4 is 11.7 Å². The number of carbonyl (C=O) groups excluding carboxylic acids is 2. The number of nitrogens with zero attached hydrogens (tertiary/aromatic N) is 2. The molecule has 0 saturated carbocycles. The van der Waals surface area contributed by atoms with Gasteiger partial charge in [-0.2, -0.15) is 0 Å². The molecule has 1 fully saturated rings. The molecule has 1 aliphatic rings. The van der Waals surface area contributed by atoms with Crippen LogP contribution in [0.5, 0.6) is 5.75 Å². The van der Waals surface area contributed by atoms with Crippen molar-refractivity contribution in [1.29, 1.82) is 0 Å². The lowest BCUT2D eigenvalue weighted by molar-refractivity contribution is 0.0726. The summed E-state index contributed by atoms with van der Waals surface area (Å²) in [5, 5.41) is 0. The van der Waals surface area contributed by atoms with Crippen LogP contribution in [0, 0.1) is 0 Å². The lowest BCUT2D eigenvalue weighted by Gasteiger charge is -2.25. The van der Waals surface area contributed by atoms with Crippen LogP contribution >= 0.6 is 0 Å². The van der Waals surface area contributed by atoms with Crippen LogP contribution in [0.25, 0.3) is 0 Å². The summed E-state index contributed by atoms with van der Waals surface area (Å²) in [7, 11) is 1.81. The lowest BCUT2D eigenvalue weighted by Crippen LogP contribution is -2.31.